The van der Waals surface area contributed by atoms with Crippen molar-refractivity contribution in [3.63, 3.8) is 0 Å². The predicted octanol–water partition coefficient (Wildman–Crippen LogP) is 3.44. The lowest BCUT2D eigenvalue weighted by Gasteiger charge is -2.07. The van der Waals surface area contributed by atoms with Crippen molar-refractivity contribution >= 4 is 37.8 Å². The molecule has 0 unspecified atom stereocenters. The minimum Gasteiger partial charge on any atom is -0.465 e. The van der Waals surface area contributed by atoms with Crippen molar-refractivity contribution in [3.05, 3.63) is 33.3 Å². The summed E-state index contributed by atoms with van der Waals surface area (Å²) in [5.74, 6) is -0.318. The second-order valence-corrected chi connectivity index (χ2v) is 4.30. The van der Waals surface area contributed by atoms with Gasteiger partial charge in [0.05, 0.1) is 12.7 Å². The number of carbonyl (C=O) groups excluding carboxylic acids is 1. The van der Waals surface area contributed by atoms with Crippen LogP contribution in [-0.4, -0.2) is 13.1 Å². The number of hydrogen-bond acceptors (Lipinski definition) is 2. The SMILES string of the molecule is COC(=O)c1cc(C)c(CBr)cc1Br. The number of benzene rings is 1. The van der Waals surface area contributed by atoms with E-state index in [1.807, 2.05) is 19.1 Å². The summed E-state index contributed by atoms with van der Waals surface area (Å²) in [5, 5.41) is 0.777. The van der Waals surface area contributed by atoms with Crippen LogP contribution in [0, 0.1) is 6.92 Å². The Balaban J connectivity index is 3.21. The van der Waals surface area contributed by atoms with Crippen LogP contribution in [0.1, 0.15) is 21.5 Å². The lowest BCUT2D eigenvalue weighted by molar-refractivity contribution is 0.0599. The van der Waals surface area contributed by atoms with Crippen LogP contribution in [0.3, 0.4) is 0 Å². The number of methoxy groups -OCH3 is 1. The Morgan fingerprint density at radius 2 is 2.14 bits per heavy atom. The lowest BCUT2D eigenvalue weighted by atomic mass is 10.1. The first-order valence-corrected chi connectivity index (χ1v) is 5.95. The Morgan fingerprint density at radius 3 is 2.64 bits per heavy atom. The van der Waals surface area contributed by atoms with E-state index in [0.29, 0.717) is 5.56 Å². The van der Waals surface area contributed by atoms with Gasteiger partial charge in [0.25, 0.3) is 0 Å². The third-order valence-corrected chi connectivity index (χ3v) is 3.24. The highest BCUT2D eigenvalue weighted by Crippen LogP contribution is 2.24. The van der Waals surface area contributed by atoms with Crippen molar-refractivity contribution in [2.45, 2.75) is 12.3 Å². The molecule has 0 amide bonds. The lowest BCUT2D eigenvalue weighted by Crippen LogP contribution is -2.03. The molecule has 0 spiro atoms. The van der Waals surface area contributed by atoms with Crippen LogP contribution in [0.5, 0.6) is 0 Å². The number of halogens is 2. The maximum atomic E-state index is 11.3. The van der Waals surface area contributed by atoms with E-state index in [9.17, 15) is 4.79 Å². The van der Waals surface area contributed by atoms with Gasteiger partial charge in [-0.25, -0.2) is 4.79 Å². The van der Waals surface area contributed by atoms with E-state index >= 15 is 0 Å². The number of aryl methyl sites for hydroxylation is 1. The van der Waals surface area contributed by atoms with Gasteiger partial charge in [0.2, 0.25) is 0 Å². The molecule has 0 radical (unpaired) electrons. The molecule has 2 nitrogen and oxygen atoms in total. The predicted molar refractivity (Wildman–Crippen MR) is 62.8 cm³/mol. The van der Waals surface area contributed by atoms with Gasteiger partial charge in [0, 0.05) is 9.80 Å². The molecule has 0 fully saturated rings. The molecule has 0 saturated carbocycles. The standard InChI is InChI=1S/C10H10Br2O2/c1-6-3-8(10(13)14-2)9(12)4-7(6)5-11/h3-4H,5H2,1-2H3. The molecule has 0 heterocycles. The van der Waals surface area contributed by atoms with Crippen LogP contribution in [0.25, 0.3) is 0 Å². The maximum Gasteiger partial charge on any atom is 0.339 e. The number of carbonyl (C=O) groups is 1. The van der Waals surface area contributed by atoms with Gasteiger partial charge in [-0.3, -0.25) is 0 Å². The number of rotatable bonds is 2. The van der Waals surface area contributed by atoms with Gasteiger partial charge < -0.3 is 4.74 Å². The van der Waals surface area contributed by atoms with Crippen molar-refractivity contribution in [1.82, 2.24) is 0 Å². The molecule has 14 heavy (non-hydrogen) atoms. The van der Waals surface area contributed by atoms with Gasteiger partial charge in [0.1, 0.15) is 0 Å². The minimum atomic E-state index is -0.318. The fraction of sp³-hybridized carbons (Fsp3) is 0.300. The van der Waals surface area contributed by atoms with Gasteiger partial charge in [-0.1, -0.05) is 15.9 Å². The van der Waals surface area contributed by atoms with Crippen molar-refractivity contribution < 1.29 is 9.53 Å². The topological polar surface area (TPSA) is 26.3 Å². The summed E-state index contributed by atoms with van der Waals surface area (Å²) < 4.78 is 5.43. The fourth-order valence-electron chi connectivity index (χ4n) is 1.13. The van der Waals surface area contributed by atoms with Gasteiger partial charge in [-0.05, 0) is 46.1 Å². The van der Waals surface area contributed by atoms with E-state index in [2.05, 4.69) is 36.6 Å². The summed E-state index contributed by atoms with van der Waals surface area (Å²) in [4.78, 5) is 11.3. The van der Waals surface area contributed by atoms with Crippen molar-refractivity contribution in [2.24, 2.45) is 0 Å². The smallest absolute Gasteiger partial charge is 0.339 e. The molecule has 1 aromatic carbocycles. The molecule has 4 heteroatoms. The van der Waals surface area contributed by atoms with E-state index < -0.39 is 0 Å². The van der Waals surface area contributed by atoms with Gasteiger partial charge in [-0.15, -0.1) is 0 Å². The third-order valence-electron chi connectivity index (χ3n) is 1.97. The summed E-state index contributed by atoms with van der Waals surface area (Å²) in [6.07, 6.45) is 0. The monoisotopic (exact) mass is 320 g/mol. The number of hydrogen-bond donors (Lipinski definition) is 0. The average Bonchev–Trinajstić information content (AvgIpc) is 2.19. The number of alkyl halides is 1. The molecule has 1 rings (SSSR count). The molecular formula is C10H10Br2O2. The average molecular weight is 322 g/mol. The molecule has 76 valence electrons. The minimum absolute atomic E-state index is 0.318. The Morgan fingerprint density at radius 1 is 1.50 bits per heavy atom. The van der Waals surface area contributed by atoms with Crippen LogP contribution in [0.4, 0.5) is 0 Å². The molecule has 0 aliphatic rings. The second kappa shape index (κ2) is 4.94. The van der Waals surface area contributed by atoms with E-state index in [0.717, 1.165) is 20.9 Å². The van der Waals surface area contributed by atoms with Gasteiger partial charge in [0.15, 0.2) is 0 Å². The molecule has 0 aliphatic carbocycles. The van der Waals surface area contributed by atoms with E-state index in [4.69, 9.17) is 0 Å². The zero-order valence-corrected chi connectivity index (χ0v) is 11.1. The Bertz CT molecular complexity index is 361. The quantitative estimate of drug-likeness (QED) is 0.616. The molecule has 0 aliphatic heterocycles. The van der Waals surface area contributed by atoms with E-state index in [-0.39, 0.29) is 5.97 Å². The molecule has 0 atom stereocenters. The van der Waals surface area contributed by atoms with Gasteiger partial charge in [-0.2, -0.15) is 0 Å². The normalized spacial score (nSPS) is 10.0. The van der Waals surface area contributed by atoms with Gasteiger partial charge >= 0.3 is 5.97 Å². The van der Waals surface area contributed by atoms with Crippen LogP contribution < -0.4 is 0 Å². The van der Waals surface area contributed by atoms with Crippen LogP contribution in [-0.2, 0) is 10.1 Å². The first kappa shape index (κ1) is 11.7. The zero-order valence-electron chi connectivity index (χ0n) is 7.93. The highest BCUT2D eigenvalue weighted by molar-refractivity contribution is 9.10. The first-order valence-electron chi connectivity index (χ1n) is 4.03. The summed E-state index contributed by atoms with van der Waals surface area (Å²) in [5.41, 5.74) is 2.80. The first-order chi connectivity index (χ1) is 6.60. The van der Waals surface area contributed by atoms with E-state index in [1.54, 1.807) is 0 Å². The summed E-state index contributed by atoms with van der Waals surface area (Å²) >= 11 is 6.73. The highest BCUT2D eigenvalue weighted by atomic mass is 79.9. The molecule has 0 N–H and O–H groups in total. The molecular weight excluding hydrogens is 312 g/mol. The molecule has 0 saturated heterocycles. The number of ether oxygens (including phenoxy) is 1. The summed E-state index contributed by atoms with van der Waals surface area (Å²) in [7, 11) is 1.38. The Hall–Kier alpha value is -0.350. The largest absolute Gasteiger partial charge is 0.465 e. The van der Waals surface area contributed by atoms with Crippen LogP contribution >= 0.6 is 31.9 Å². The van der Waals surface area contributed by atoms with Crippen molar-refractivity contribution in [1.29, 1.82) is 0 Å². The summed E-state index contributed by atoms with van der Waals surface area (Å²) in [6, 6.07) is 3.75. The summed E-state index contributed by atoms with van der Waals surface area (Å²) in [6.45, 7) is 1.97. The molecule has 1 aromatic rings. The van der Waals surface area contributed by atoms with Crippen molar-refractivity contribution in [2.75, 3.05) is 7.11 Å². The Labute approximate surface area is 99.9 Å². The fourth-order valence-corrected chi connectivity index (χ4v) is 2.29. The maximum absolute atomic E-state index is 11.3. The second-order valence-electron chi connectivity index (χ2n) is 2.88. The molecule has 0 bridgehead atoms. The van der Waals surface area contributed by atoms with Crippen molar-refractivity contribution in [3.8, 4) is 0 Å². The van der Waals surface area contributed by atoms with Crippen LogP contribution in [0.15, 0.2) is 16.6 Å². The number of esters is 1. The Kier molecular flexibility index (Phi) is 4.13. The highest BCUT2D eigenvalue weighted by Gasteiger charge is 2.12. The zero-order chi connectivity index (χ0) is 10.7. The van der Waals surface area contributed by atoms with Crippen LogP contribution in [0.2, 0.25) is 0 Å². The third kappa shape index (κ3) is 2.36. The van der Waals surface area contributed by atoms with E-state index in [1.165, 1.54) is 7.11 Å². The molecule has 0 aromatic heterocycles.